The van der Waals surface area contributed by atoms with Crippen molar-refractivity contribution in [1.29, 1.82) is 0 Å². The molecule has 0 spiro atoms. The van der Waals surface area contributed by atoms with Crippen LogP contribution in [0.3, 0.4) is 0 Å². The third-order valence-electron chi connectivity index (χ3n) is 3.45. The van der Waals surface area contributed by atoms with Gasteiger partial charge in [0.15, 0.2) is 11.5 Å². The average molecular weight is 290 g/mol. The number of fused-ring (bicyclic) bond motifs is 1. The Morgan fingerprint density at radius 2 is 2.19 bits per heavy atom. The van der Waals surface area contributed by atoms with Crippen molar-refractivity contribution >= 4 is 17.4 Å². The van der Waals surface area contributed by atoms with Gasteiger partial charge in [0.05, 0.1) is 11.7 Å². The average Bonchev–Trinajstić information content (AvgIpc) is 2.86. The molecule has 0 aliphatic carbocycles. The van der Waals surface area contributed by atoms with Gasteiger partial charge in [0, 0.05) is 25.5 Å². The molecule has 0 amide bonds. The van der Waals surface area contributed by atoms with Crippen molar-refractivity contribution in [1.82, 2.24) is 19.6 Å². The molecule has 3 heterocycles. The van der Waals surface area contributed by atoms with Crippen LogP contribution in [0.1, 0.15) is 33.6 Å². The van der Waals surface area contributed by atoms with Crippen molar-refractivity contribution in [2.75, 3.05) is 23.7 Å². The van der Waals surface area contributed by atoms with Gasteiger partial charge < -0.3 is 15.4 Å². The minimum Gasteiger partial charge on any atom is -0.380 e. The van der Waals surface area contributed by atoms with Crippen LogP contribution in [0.5, 0.6) is 0 Å². The summed E-state index contributed by atoms with van der Waals surface area (Å²) in [4.78, 5) is 10.7. The molecule has 7 nitrogen and oxygen atoms in total. The van der Waals surface area contributed by atoms with E-state index in [1.165, 1.54) is 0 Å². The normalized spacial score (nSPS) is 20.1. The summed E-state index contributed by atoms with van der Waals surface area (Å²) in [5.41, 5.74) is 6.41. The van der Waals surface area contributed by atoms with Crippen molar-refractivity contribution in [2.24, 2.45) is 0 Å². The Bertz CT molecular complexity index is 632. The van der Waals surface area contributed by atoms with Crippen LogP contribution >= 0.6 is 0 Å². The third-order valence-corrected chi connectivity index (χ3v) is 3.45. The Kier molecular flexibility index (Phi) is 3.44. The Labute approximate surface area is 124 Å². The summed E-state index contributed by atoms with van der Waals surface area (Å²) < 4.78 is 7.76. The van der Waals surface area contributed by atoms with Crippen molar-refractivity contribution in [3.8, 4) is 0 Å². The van der Waals surface area contributed by atoms with Gasteiger partial charge in [-0.1, -0.05) is 0 Å². The van der Waals surface area contributed by atoms with Gasteiger partial charge in [-0.3, -0.25) is 0 Å². The van der Waals surface area contributed by atoms with Crippen LogP contribution < -0.4 is 10.6 Å². The lowest BCUT2D eigenvalue weighted by Gasteiger charge is -2.36. The first-order valence-electron chi connectivity index (χ1n) is 7.32. The van der Waals surface area contributed by atoms with Crippen LogP contribution in [0.2, 0.25) is 0 Å². The first kappa shape index (κ1) is 14.1. The Hall–Kier alpha value is -1.89. The van der Waals surface area contributed by atoms with Gasteiger partial charge in [0.1, 0.15) is 0 Å². The summed E-state index contributed by atoms with van der Waals surface area (Å²) >= 11 is 0. The summed E-state index contributed by atoms with van der Waals surface area (Å²) in [6.45, 7) is 7.95. The highest BCUT2D eigenvalue weighted by atomic mass is 16.5. The van der Waals surface area contributed by atoms with E-state index in [9.17, 15) is 0 Å². The number of piperidine rings is 1. The molecule has 0 aromatic carbocycles. The highest BCUT2D eigenvalue weighted by Crippen LogP contribution is 2.23. The summed E-state index contributed by atoms with van der Waals surface area (Å²) in [7, 11) is 0. The molecule has 2 aromatic rings. The molecule has 114 valence electrons. The fourth-order valence-electron chi connectivity index (χ4n) is 2.69. The van der Waals surface area contributed by atoms with Crippen molar-refractivity contribution in [3.63, 3.8) is 0 Å². The van der Waals surface area contributed by atoms with Gasteiger partial charge in [-0.05, 0) is 33.6 Å². The number of nitrogen functional groups attached to an aromatic ring is 1. The van der Waals surface area contributed by atoms with Crippen LogP contribution in [0.4, 0.5) is 11.8 Å². The number of aromatic nitrogens is 4. The van der Waals surface area contributed by atoms with Gasteiger partial charge in [-0.15, -0.1) is 5.10 Å². The number of rotatable bonds is 2. The van der Waals surface area contributed by atoms with E-state index < -0.39 is 0 Å². The highest BCUT2D eigenvalue weighted by Gasteiger charge is 2.26. The molecule has 1 fully saturated rings. The molecule has 0 bridgehead atoms. The number of anilines is 2. The molecule has 7 heteroatoms. The number of nitrogens with two attached hydrogens (primary N) is 1. The second kappa shape index (κ2) is 5.14. The molecule has 0 saturated carbocycles. The second-order valence-electron chi connectivity index (χ2n) is 6.43. The van der Waals surface area contributed by atoms with E-state index in [1.807, 2.05) is 0 Å². The molecule has 2 N–H and O–H groups in total. The van der Waals surface area contributed by atoms with Crippen molar-refractivity contribution in [2.45, 2.75) is 45.3 Å². The fraction of sp³-hybridized carbons (Fsp3) is 0.643. The van der Waals surface area contributed by atoms with E-state index >= 15 is 0 Å². The fourth-order valence-corrected chi connectivity index (χ4v) is 2.69. The maximum absolute atomic E-state index is 6.09. The number of imidazole rings is 1. The lowest BCUT2D eigenvalue weighted by atomic mass is 10.1. The molecular formula is C14H22N6O. The lowest BCUT2D eigenvalue weighted by Crippen LogP contribution is -2.43. The van der Waals surface area contributed by atoms with Gasteiger partial charge in [-0.2, -0.15) is 4.98 Å². The van der Waals surface area contributed by atoms with Crippen molar-refractivity contribution < 1.29 is 4.74 Å². The molecule has 1 aliphatic heterocycles. The number of hydrogen-bond acceptors (Lipinski definition) is 6. The van der Waals surface area contributed by atoms with Gasteiger partial charge in [0.25, 0.3) is 0 Å². The topological polar surface area (TPSA) is 81.6 Å². The zero-order valence-electron chi connectivity index (χ0n) is 12.8. The Morgan fingerprint density at radius 1 is 1.38 bits per heavy atom. The lowest BCUT2D eigenvalue weighted by molar-refractivity contribution is -0.0637. The molecule has 21 heavy (non-hydrogen) atoms. The standard InChI is InChI=1S/C14H22N6O/c1-14(2,3)21-10-5-4-7-19(9-10)13-17-11(15)12-16-6-8-20(12)18-13/h6,8,10H,4-5,7,9H2,1-3H3,(H2,15,17,18)/t10-/m1/s1. The second-order valence-corrected chi connectivity index (χ2v) is 6.43. The first-order chi connectivity index (χ1) is 9.92. The zero-order chi connectivity index (χ0) is 15.0. The molecule has 2 aromatic heterocycles. The van der Waals surface area contributed by atoms with E-state index in [1.54, 1.807) is 16.9 Å². The number of hydrogen-bond donors (Lipinski definition) is 1. The Balaban J connectivity index is 1.81. The van der Waals surface area contributed by atoms with E-state index in [0.717, 1.165) is 25.9 Å². The molecule has 3 rings (SSSR count). The smallest absolute Gasteiger partial charge is 0.245 e. The highest BCUT2D eigenvalue weighted by molar-refractivity contribution is 5.60. The monoisotopic (exact) mass is 290 g/mol. The predicted octanol–water partition coefficient (Wildman–Crippen LogP) is 1.49. The summed E-state index contributed by atoms with van der Waals surface area (Å²) in [6.07, 6.45) is 5.78. The molecular weight excluding hydrogens is 268 g/mol. The number of ether oxygens (including phenoxy) is 1. The third kappa shape index (κ3) is 3.07. The van der Waals surface area contributed by atoms with E-state index in [-0.39, 0.29) is 11.7 Å². The maximum atomic E-state index is 6.09. The van der Waals surface area contributed by atoms with Gasteiger partial charge in [-0.25, -0.2) is 9.50 Å². The van der Waals surface area contributed by atoms with E-state index in [0.29, 0.717) is 17.4 Å². The quantitative estimate of drug-likeness (QED) is 0.902. The molecule has 1 saturated heterocycles. The summed E-state index contributed by atoms with van der Waals surface area (Å²) in [6, 6.07) is 0. The summed E-state index contributed by atoms with van der Waals surface area (Å²) in [5.74, 6) is 1.05. The largest absolute Gasteiger partial charge is 0.380 e. The van der Waals surface area contributed by atoms with E-state index in [2.05, 4.69) is 40.7 Å². The van der Waals surface area contributed by atoms with Crippen LogP contribution in [-0.4, -0.2) is 44.4 Å². The molecule has 1 atom stereocenters. The van der Waals surface area contributed by atoms with Crippen molar-refractivity contribution in [3.05, 3.63) is 12.4 Å². The number of nitrogens with zero attached hydrogens (tertiary/aromatic N) is 5. The van der Waals surface area contributed by atoms with Gasteiger partial charge in [0.2, 0.25) is 5.95 Å². The van der Waals surface area contributed by atoms with Crippen LogP contribution in [0, 0.1) is 0 Å². The molecule has 0 radical (unpaired) electrons. The van der Waals surface area contributed by atoms with Crippen LogP contribution in [-0.2, 0) is 4.74 Å². The first-order valence-corrected chi connectivity index (χ1v) is 7.32. The maximum Gasteiger partial charge on any atom is 0.245 e. The minimum atomic E-state index is -0.137. The summed E-state index contributed by atoms with van der Waals surface area (Å²) in [5, 5.41) is 4.48. The SMILES string of the molecule is CC(C)(C)O[C@@H]1CCCN(c2nc(N)c3nccn3n2)C1. The Morgan fingerprint density at radius 3 is 2.95 bits per heavy atom. The van der Waals surface area contributed by atoms with Gasteiger partial charge >= 0.3 is 0 Å². The predicted molar refractivity (Wildman–Crippen MR) is 81.3 cm³/mol. The minimum absolute atomic E-state index is 0.137. The van der Waals surface area contributed by atoms with Crippen LogP contribution in [0.25, 0.3) is 5.65 Å². The molecule has 1 aliphatic rings. The van der Waals surface area contributed by atoms with E-state index in [4.69, 9.17) is 10.5 Å². The zero-order valence-corrected chi connectivity index (χ0v) is 12.8. The van der Waals surface area contributed by atoms with Crippen LogP contribution in [0.15, 0.2) is 12.4 Å². The molecule has 0 unspecified atom stereocenters.